The van der Waals surface area contributed by atoms with Gasteiger partial charge in [-0.2, -0.15) is 0 Å². The van der Waals surface area contributed by atoms with E-state index in [2.05, 4.69) is 39.4 Å². The molecule has 2 fully saturated rings. The molecule has 7 heteroatoms. The molecule has 2 aromatic carbocycles. The Balaban J connectivity index is 1.20. The van der Waals surface area contributed by atoms with Gasteiger partial charge in [-0.3, -0.25) is 14.5 Å². The minimum Gasteiger partial charge on any atom is -0.497 e. The average Bonchev–Trinajstić information content (AvgIpc) is 3.22. The summed E-state index contributed by atoms with van der Waals surface area (Å²) in [7, 11) is 1.60. The Kier molecular flexibility index (Phi) is 6.72. The number of hydrogen-bond acceptors (Lipinski definition) is 5. The van der Waals surface area contributed by atoms with Crippen molar-refractivity contribution in [3.63, 3.8) is 0 Å². The van der Waals surface area contributed by atoms with E-state index < -0.39 is 0 Å². The number of carbonyl (C=O) groups excluding carboxylic acids is 2. The van der Waals surface area contributed by atoms with Crippen molar-refractivity contribution in [1.82, 2.24) is 10.2 Å². The van der Waals surface area contributed by atoms with Crippen LogP contribution in [0.4, 0.5) is 11.4 Å². The van der Waals surface area contributed by atoms with Gasteiger partial charge in [0, 0.05) is 69.7 Å². The van der Waals surface area contributed by atoms with Crippen LogP contribution in [0.25, 0.3) is 0 Å². The number of piperazine rings is 1. The van der Waals surface area contributed by atoms with Gasteiger partial charge in [0.25, 0.3) is 0 Å². The summed E-state index contributed by atoms with van der Waals surface area (Å²) in [5.74, 6) is 0.325. The Hall–Kier alpha value is -3.06. The molecule has 0 bridgehead atoms. The van der Waals surface area contributed by atoms with E-state index in [9.17, 15) is 9.59 Å². The minimum absolute atomic E-state index is 0.0227. The van der Waals surface area contributed by atoms with Crippen LogP contribution >= 0.6 is 0 Å². The lowest BCUT2D eigenvalue weighted by Gasteiger charge is -2.36. The summed E-state index contributed by atoms with van der Waals surface area (Å²) in [6.45, 7) is 5.79. The normalized spacial score (nSPS) is 19.5. The molecule has 2 aromatic rings. The topological polar surface area (TPSA) is 65.1 Å². The van der Waals surface area contributed by atoms with E-state index in [4.69, 9.17) is 4.74 Å². The monoisotopic (exact) mass is 422 g/mol. The zero-order valence-corrected chi connectivity index (χ0v) is 18.0. The zero-order valence-electron chi connectivity index (χ0n) is 18.0. The zero-order chi connectivity index (χ0) is 21.6. The summed E-state index contributed by atoms with van der Waals surface area (Å²) >= 11 is 0. The molecule has 2 heterocycles. The van der Waals surface area contributed by atoms with E-state index in [0.29, 0.717) is 18.8 Å². The Morgan fingerprint density at radius 3 is 2.52 bits per heavy atom. The lowest BCUT2D eigenvalue weighted by molar-refractivity contribution is -0.126. The second-order valence-corrected chi connectivity index (χ2v) is 8.06. The van der Waals surface area contributed by atoms with Gasteiger partial charge in [-0.05, 0) is 24.3 Å². The number of rotatable bonds is 7. The van der Waals surface area contributed by atoms with Crippen molar-refractivity contribution < 1.29 is 14.3 Å². The van der Waals surface area contributed by atoms with Crippen LogP contribution in [0.1, 0.15) is 6.42 Å². The summed E-state index contributed by atoms with van der Waals surface area (Å²) in [6.07, 6.45) is 0.249. The number of para-hydroxylation sites is 1. The van der Waals surface area contributed by atoms with Crippen molar-refractivity contribution in [2.45, 2.75) is 6.42 Å². The highest BCUT2D eigenvalue weighted by atomic mass is 16.5. The lowest BCUT2D eigenvalue weighted by Crippen LogP contribution is -2.48. The number of amides is 2. The maximum absolute atomic E-state index is 12.6. The number of methoxy groups -OCH3 is 1. The first-order valence-corrected chi connectivity index (χ1v) is 10.9. The number of ether oxygens (including phenoxy) is 1. The van der Waals surface area contributed by atoms with Gasteiger partial charge in [0.15, 0.2) is 0 Å². The van der Waals surface area contributed by atoms with Gasteiger partial charge in [-0.15, -0.1) is 0 Å². The van der Waals surface area contributed by atoms with E-state index in [0.717, 1.165) is 38.4 Å². The number of anilines is 2. The third-order valence-corrected chi connectivity index (χ3v) is 6.08. The molecule has 1 N–H and O–H groups in total. The fraction of sp³-hybridized carbons (Fsp3) is 0.417. The van der Waals surface area contributed by atoms with Gasteiger partial charge < -0.3 is 19.9 Å². The number of carbonyl (C=O) groups is 2. The van der Waals surface area contributed by atoms with Crippen LogP contribution in [0.5, 0.6) is 5.75 Å². The van der Waals surface area contributed by atoms with Crippen LogP contribution in [0.3, 0.4) is 0 Å². The Morgan fingerprint density at radius 2 is 1.77 bits per heavy atom. The van der Waals surface area contributed by atoms with Crippen LogP contribution in [0, 0.1) is 5.92 Å². The Labute approximate surface area is 183 Å². The predicted molar refractivity (Wildman–Crippen MR) is 122 cm³/mol. The molecule has 1 unspecified atom stereocenters. The number of benzene rings is 2. The molecule has 1 atom stereocenters. The minimum atomic E-state index is -0.311. The molecule has 0 aromatic heterocycles. The van der Waals surface area contributed by atoms with Gasteiger partial charge in [0.05, 0.1) is 13.0 Å². The van der Waals surface area contributed by atoms with E-state index in [1.54, 1.807) is 12.0 Å². The van der Waals surface area contributed by atoms with Crippen LogP contribution in [0.2, 0.25) is 0 Å². The summed E-state index contributed by atoms with van der Waals surface area (Å²) in [4.78, 5) is 31.5. The van der Waals surface area contributed by atoms with Crippen LogP contribution in [0.15, 0.2) is 54.6 Å². The molecule has 0 spiro atoms. The molecular weight excluding hydrogens is 392 g/mol. The summed E-state index contributed by atoms with van der Waals surface area (Å²) < 4.78 is 5.24. The maximum Gasteiger partial charge on any atom is 0.227 e. The molecule has 0 saturated carbocycles. The van der Waals surface area contributed by atoms with Crippen molar-refractivity contribution >= 4 is 23.2 Å². The molecule has 2 aliphatic heterocycles. The second kappa shape index (κ2) is 9.83. The summed E-state index contributed by atoms with van der Waals surface area (Å²) in [6, 6.07) is 17.9. The molecule has 7 nitrogen and oxygen atoms in total. The number of nitrogens with one attached hydrogen (secondary N) is 1. The van der Waals surface area contributed by atoms with Crippen molar-refractivity contribution in [2.75, 3.05) is 62.7 Å². The second-order valence-electron chi connectivity index (χ2n) is 8.06. The highest BCUT2D eigenvalue weighted by Crippen LogP contribution is 2.28. The number of nitrogens with zero attached hydrogens (tertiary/aromatic N) is 3. The first-order valence-electron chi connectivity index (χ1n) is 10.9. The first kappa shape index (κ1) is 21.2. The standard InChI is InChI=1S/C24H30N4O3/c1-31-22-9-5-8-21(17-22)28-18-19(16-23(28)29)24(30)25-10-11-26-12-14-27(15-13-26)20-6-3-2-4-7-20/h2-9,17,19H,10-16,18H2,1H3,(H,25,30). The predicted octanol–water partition coefficient (Wildman–Crippen LogP) is 1.99. The van der Waals surface area contributed by atoms with Crippen molar-refractivity contribution in [1.29, 1.82) is 0 Å². The largest absolute Gasteiger partial charge is 0.497 e. The SMILES string of the molecule is COc1cccc(N2CC(C(=O)NCCN3CCN(c4ccccc4)CC3)CC2=O)c1. The fourth-order valence-electron chi connectivity index (χ4n) is 4.26. The molecule has 2 amide bonds. The lowest BCUT2D eigenvalue weighted by atomic mass is 10.1. The van der Waals surface area contributed by atoms with Gasteiger partial charge >= 0.3 is 0 Å². The Morgan fingerprint density at radius 1 is 1.03 bits per heavy atom. The fourth-order valence-corrected chi connectivity index (χ4v) is 4.26. The van der Waals surface area contributed by atoms with Gasteiger partial charge in [-0.1, -0.05) is 24.3 Å². The summed E-state index contributed by atoms with van der Waals surface area (Å²) in [5, 5.41) is 3.03. The molecule has 31 heavy (non-hydrogen) atoms. The highest BCUT2D eigenvalue weighted by molar-refractivity contribution is 6.00. The van der Waals surface area contributed by atoms with E-state index in [1.165, 1.54) is 5.69 Å². The van der Waals surface area contributed by atoms with Crippen LogP contribution in [-0.4, -0.2) is 69.6 Å². The van der Waals surface area contributed by atoms with Crippen molar-refractivity contribution in [2.24, 2.45) is 5.92 Å². The van der Waals surface area contributed by atoms with Crippen molar-refractivity contribution in [3.05, 3.63) is 54.6 Å². The third-order valence-electron chi connectivity index (χ3n) is 6.08. The van der Waals surface area contributed by atoms with Crippen LogP contribution < -0.4 is 19.9 Å². The third kappa shape index (κ3) is 5.17. The summed E-state index contributed by atoms with van der Waals surface area (Å²) in [5.41, 5.74) is 2.04. The molecule has 4 rings (SSSR count). The maximum atomic E-state index is 12.6. The van der Waals surface area contributed by atoms with Gasteiger partial charge in [-0.25, -0.2) is 0 Å². The van der Waals surface area contributed by atoms with E-state index >= 15 is 0 Å². The number of hydrogen-bond donors (Lipinski definition) is 1. The molecule has 2 aliphatic rings. The van der Waals surface area contributed by atoms with Crippen molar-refractivity contribution in [3.8, 4) is 5.75 Å². The van der Waals surface area contributed by atoms with Gasteiger partial charge in [0.1, 0.15) is 5.75 Å². The average molecular weight is 423 g/mol. The molecular formula is C24H30N4O3. The first-order chi connectivity index (χ1) is 15.1. The molecule has 164 valence electrons. The van der Waals surface area contributed by atoms with Gasteiger partial charge in [0.2, 0.25) is 11.8 Å². The molecule has 0 aliphatic carbocycles. The molecule has 2 saturated heterocycles. The Bertz CT molecular complexity index is 897. The quantitative estimate of drug-likeness (QED) is 0.739. The highest BCUT2D eigenvalue weighted by Gasteiger charge is 2.35. The molecule has 0 radical (unpaired) electrons. The van der Waals surface area contributed by atoms with Crippen LogP contribution in [-0.2, 0) is 9.59 Å². The van der Waals surface area contributed by atoms with E-state index in [1.807, 2.05) is 30.3 Å². The smallest absolute Gasteiger partial charge is 0.227 e. The van der Waals surface area contributed by atoms with E-state index in [-0.39, 0.29) is 24.2 Å².